The molecular formula is C24H27N5O3S. The van der Waals surface area contributed by atoms with E-state index >= 15 is 0 Å². The molecule has 2 aliphatic heterocycles. The molecule has 172 valence electrons. The molecule has 1 unspecified atom stereocenters. The number of fused-ring (bicyclic) bond motifs is 1. The molecule has 0 radical (unpaired) electrons. The maximum atomic E-state index is 11.8. The van der Waals surface area contributed by atoms with Gasteiger partial charge in [-0.2, -0.15) is 0 Å². The maximum absolute atomic E-state index is 11.8. The number of rotatable bonds is 6. The van der Waals surface area contributed by atoms with Crippen LogP contribution >= 0.6 is 0 Å². The van der Waals surface area contributed by atoms with Gasteiger partial charge in [-0.1, -0.05) is 0 Å². The Hall–Kier alpha value is -3.20. The van der Waals surface area contributed by atoms with Crippen molar-refractivity contribution in [1.82, 2.24) is 15.0 Å². The summed E-state index contributed by atoms with van der Waals surface area (Å²) in [6, 6.07) is 11.8. The molecule has 2 aliphatic rings. The molecule has 4 heterocycles. The van der Waals surface area contributed by atoms with Crippen molar-refractivity contribution in [3.05, 3.63) is 54.5 Å². The molecule has 1 atom stereocenters. The summed E-state index contributed by atoms with van der Waals surface area (Å²) in [6.45, 7) is 2.59. The topological polar surface area (TPSA) is 80.7 Å². The van der Waals surface area contributed by atoms with Crippen molar-refractivity contribution in [3.63, 3.8) is 0 Å². The molecule has 9 heteroatoms. The first-order valence-electron chi connectivity index (χ1n) is 11.1. The van der Waals surface area contributed by atoms with Crippen molar-refractivity contribution < 1.29 is 13.7 Å². The summed E-state index contributed by atoms with van der Waals surface area (Å²) in [7, 11) is 0.666. The Labute approximate surface area is 196 Å². The van der Waals surface area contributed by atoms with Crippen LogP contribution in [-0.4, -0.2) is 58.3 Å². The third-order valence-corrected chi connectivity index (χ3v) is 7.11. The summed E-state index contributed by atoms with van der Waals surface area (Å²) >= 11 is 0. The number of aromatic nitrogens is 3. The number of hydrogen-bond acceptors (Lipinski definition) is 8. The van der Waals surface area contributed by atoms with Gasteiger partial charge in [-0.15, -0.1) is 0 Å². The van der Waals surface area contributed by atoms with Crippen molar-refractivity contribution in [2.24, 2.45) is 0 Å². The predicted molar refractivity (Wildman–Crippen MR) is 128 cm³/mol. The van der Waals surface area contributed by atoms with Gasteiger partial charge >= 0.3 is 0 Å². The van der Waals surface area contributed by atoms with E-state index in [4.69, 9.17) is 9.47 Å². The molecule has 8 nitrogen and oxygen atoms in total. The van der Waals surface area contributed by atoms with Crippen LogP contribution in [0.15, 0.2) is 53.8 Å². The Morgan fingerprint density at radius 3 is 2.58 bits per heavy atom. The average molecular weight is 466 g/mol. The maximum Gasteiger partial charge on any atom is 0.218 e. The average Bonchev–Trinajstić information content (AvgIpc) is 3.28. The van der Waals surface area contributed by atoms with E-state index in [0.717, 1.165) is 66.9 Å². The van der Waals surface area contributed by atoms with Crippen molar-refractivity contribution in [2.75, 3.05) is 42.8 Å². The van der Waals surface area contributed by atoms with Gasteiger partial charge in [0, 0.05) is 66.2 Å². The van der Waals surface area contributed by atoms with Crippen LogP contribution in [0.2, 0.25) is 0 Å². The highest BCUT2D eigenvalue weighted by molar-refractivity contribution is 7.84. The fourth-order valence-electron chi connectivity index (χ4n) is 4.39. The third kappa shape index (κ3) is 4.64. The van der Waals surface area contributed by atoms with Gasteiger partial charge in [0.1, 0.15) is 29.8 Å². The van der Waals surface area contributed by atoms with Crippen molar-refractivity contribution >= 4 is 28.1 Å². The summed E-state index contributed by atoms with van der Waals surface area (Å²) < 4.78 is 23.2. The van der Waals surface area contributed by atoms with Gasteiger partial charge in [-0.05, 0) is 42.3 Å². The van der Waals surface area contributed by atoms with Gasteiger partial charge in [0.15, 0.2) is 0 Å². The van der Waals surface area contributed by atoms with E-state index < -0.39 is 10.8 Å². The lowest BCUT2D eigenvalue weighted by atomic mass is 10.1. The summed E-state index contributed by atoms with van der Waals surface area (Å²) in [5.74, 6) is 3.14. The van der Waals surface area contributed by atoms with Crippen LogP contribution in [0.25, 0.3) is 0 Å². The number of pyridine rings is 1. The molecule has 33 heavy (non-hydrogen) atoms. The van der Waals surface area contributed by atoms with Crippen LogP contribution in [0.5, 0.6) is 11.6 Å². The normalized spacial score (nSPS) is 17.0. The Morgan fingerprint density at radius 2 is 1.85 bits per heavy atom. The zero-order chi connectivity index (χ0) is 22.8. The molecule has 2 aromatic heterocycles. The first-order chi connectivity index (χ1) is 16.1. The molecule has 0 spiro atoms. The lowest BCUT2D eigenvalue weighted by Gasteiger charge is -2.32. The van der Waals surface area contributed by atoms with Gasteiger partial charge in [0.05, 0.1) is 13.3 Å². The van der Waals surface area contributed by atoms with E-state index in [1.54, 1.807) is 25.9 Å². The van der Waals surface area contributed by atoms with Gasteiger partial charge in [0.25, 0.3) is 0 Å². The molecular weight excluding hydrogens is 438 g/mol. The van der Waals surface area contributed by atoms with Crippen molar-refractivity contribution in [2.45, 2.75) is 30.3 Å². The number of nitrogens with zero attached hydrogens (tertiary/aromatic N) is 5. The number of piperidine rings is 1. The van der Waals surface area contributed by atoms with Crippen LogP contribution in [0, 0.1) is 0 Å². The lowest BCUT2D eigenvalue weighted by Crippen LogP contribution is -2.38. The third-order valence-electron chi connectivity index (χ3n) is 6.19. The van der Waals surface area contributed by atoms with Gasteiger partial charge in [-0.3, -0.25) is 4.21 Å². The highest BCUT2D eigenvalue weighted by Gasteiger charge is 2.25. The standard InChI is InChI=1S/C24H27N5O3S/c1-31-19-3-6-22(25-15-19)28-10-8-18(9-11-28)32-24-14-23(26-16-27-24)29-12-7-17-13-20(33(2)30)4-5-21(17)29/h3-6,13-16,18H,7-12H2,1-2H3. The van der Waals surface area contributed by atoms with E-state index in [0.29, 0.717) is 5.88 Å². The fraction of sp³-hybridized carbons (Fsp3) is 0.375. The lowest BCUT2D eigenvalue weighted by molar-refractivity contribution is 0.163. The van der Waals surface area contributed by atoms with Gasteiger partial charge in [0.2, 0.25) is 5.88 Å². The number of hydrogen-bond donors (Lipinski definition) is 0. The van der Waals surface area contributed by atoms with Gasteiger partial charge in [-0.25, -0.2) is 15.0 Å². The molecule has 0 amide bonds. The van der Waals surface area contributed by atoms with Crippen LogP contribution in [0.3, 0.4) is 0 Å². The molecule has 1 saturated heterocycles. The van der Waals surface area contributed by atoms with E-state index in [1.165, 1.54) is 5.56 Å². The highest BCUT2D eigenvalue weighted by Crippen LogP contribution is 2.35. The molecule has 0 N–H and O–H groups in total. The first-order valence-corrected chi connectivity index (χ1v) is 12.6. The smallest absolute Gasteiger partial charge is 0.218 e. The summed E-state index contributed by atoms with van der Waals surface area (Å²) in [4.78, 5) is 18.6. The van der Waals surface area contributed by atoms with Crippen molar-refractivity contribution in [3.8, 4) is 11.6 Å². The highest BCUT2D eigenvalue weighted by atomic mass is 32.2. The molecule has 5 rings (SSSR count). The molecule has 0 aliphatic carbocycles. The minimum Gasteiger partial charge on any atom is -0.495 e. The monoisotopic (exact) mass is 465 g/mol. The predicted octanol–water partition coefficient (Wildman–Crippen LogP) is 3.36. The van der Waals surface area contributed by atoms with E-state index in [1.807, 2.05) is 36.4 Å². The molecule has 0 bridgehead atoms. The minimum absolute atomic E-state index is 0.107. The molecule has 3 aromatic rings. The largest absolute Gasteiger partial charge is 0.495 e. The Morgan fingerprint density at radius 1 is 1.00 bits per heavy atom. The Balaban J connectivity index is 1.23. The zero-order valence-corrected chi connectivity index (χ0v) is 19.6. The molecule has 1 fully saturated rings. The number of methoxy groups -OCH3 is 1. The van der Waals surface area contributed by atoms with Crippen LogP contribution in [-0.2, 0) is 17.2 Å². The Kier molecular flexibility index (Phi) is 6.13. The second-order valence-corrected chi connectivity index (χ2v) is 9.60. The number of anilines is 3. The summed E-state index contributed by atoms with van der Waals surface area (Å²) in [5, 5.41) is 0. The van der Waals surface area contributed by atoms with Crippen LogP contribution in [0.1, 0.15) is 18.4 Å². The second-order valence-electron chi connectivity index (χ2n) is 8.22. The second kappa shape index (κ2) is 9.35. The van der Waals surface area contributed by atoms with Crippen LogP contribution < -0.4 is 19.3 Å². The van der Waals surface area contributed by atoms with Crippen LogP contribution in [0.4, 0.5) is 17.3 Å². The fourth-order valence-corrected chi connectivity index (χ4v) is 4.96. The quantitative estimate of drug-likeness (QED) is 0.548. The van der Waals surface area contributed by atoms with E-state index in [-0.39, 0.29) is 6.10 Å². The number of ether oxygens (including phenoxy) is 2. The Bertz CT molecular complexity index is 1150. The van der Waals surface area contributed by atoms with Gasteiger partial charge < -0.3 is 19.3 Å². The summed E-state index contributed by atoms with van der Waals surface area (Å²) in [6.07, 6.45) is 7.83. The molecule has 0 saturated carbocycles. The SMILES string of the molecule is COc1ccc(N2CCC(Oc3cc(N4CCc5cc(S(C)=O)ccc54)ncn3)CC2)nc1. The van der Waals surface area contributed by atoms with E-state index in [2.05, 4.69) is 24.8 Å². The number of benzene rings is 1. The van der Waals surface area contributed by atoms with Crippen molar-refractivity contribution in [1.29, 1.82) is 0 Å². The zero-order valence-electron chi connectivity index (χ0n) is 18.8. The van der Waals surface area contributed by atoms with E-state index in [9.17, 15) is 4.21 Å². The summed E-state index contributed by atoms with van der Waals surface area (Å²) in [5.41, 5.74) is 2.30. The minimum atomic E-state index is -0.979. The first kappa shape index (κ1) is 21.6. The molecule has 1 aromatic carbocycles.